The predicted molar refractivity (Wildman–Crippen MR) is 141 cm³/mol. The smallest absolute Gasteiger partial charge is 0.157 e. The minimum absolute atomic E-state index is 0.0649. The van der Waals surface area contributed by atoms with Gasteiger partial charge in [0.1, 0.15) is 0 Å². The summed E-state index contributed by atoms with van der Waals surface area (Å²) in [5, 5.41) is 0. The maximum atomic E-state index is 6.46. The van der Waals surface area contributed by atoms with Crippen LogP contribution in [0.1, 0.15) is 104 Å². The number of hydrogen-bond acceptors (Lipinski definition) is 2. The van der Waals surface area contributed by atoms with Crippen LogP contribution in [0.3, 0.4) is 0 Å². The first kappa shape index (κ1) is 24.1. The van der Waals surface area contributed by atoms with Crippen LogP contribution < -0.4 is 0 Å². The standard InChI is InChI=1S/C29H47IO2/c1-20(7-6-17-30)24-11-12-25-23-10-9-21-19-22(32-27-8-4-5-18-31-27)13-15-28(21,2)26(23)14-16-29(24,25)3/h9,20,22-27H,4-8,10-19H2,1-3H3/t20-,22+,23+,24-,25+,26+,27?,28+,29-/m1/s1. The molecule has 1 aliphatic heterocycles. The molecule has 1 heterocycles. The van der Waals surface area contributed by atoms with Gasteiger partial charge in [0.25, 0.3) is 0 Å². The first-order valence-corrected chi connectivity index (χ1v) is 15.5. The van der Waals surface area contributed by atoms with Gasteiger partial charge < -0.3 is 9.47 Å². The molecule has 32 heavy (non-hydrogen) atoms. The highest BCUT2D eigenvalue weighted by molar-refractivity contribution is 14.1. The number of halogens is 1. The van der Waals surface area contributed by atoms with Crippen molar-refractivity contribution in [3.05, 3.63) is 11.6 Å². The van der Waals surface area contributed by atoms with E-state index in [1.165, 1.54) is 75.1 Å². The largest absolute Gasteiger partial charge is 0.353 e. The van der Waals surface area contributed by atoms with Gasteiger partial charge in [0.15, 0.2) is 6.29 Å². The molecule has 0 bridgehead atoms. The zero-order valence-corrected chi connectivity index (χ0v) is 23.1. The lowest BCUT2D eigenvalue weighted by atomic mass is 9.47. The average molecular weight is 555 g/mol. The lowest BCUT2D eigenvalue weighted by molar-refractivity contribution is -0.195. The molecule has 5 aliphatic rings. The summed E-state index contributed by atoms with van der Waals surface area (Å²) in [6.07, 6.45) is 20.6. The minimum Gasteiger partial charge on any atom is -0.353 e. The fourth-order valence-corrected chi connectivity index (χ4v) is 9.79. The summed E-state index contributed by atoms with van der Waals surface area (Å²) in [6.45, 7) is 8.82. The summed E-state index contributed by atoms with van der Waals surface area (Å²) >= 11 is 2.56. The fourth-order valence-electron chi connectivity index (χ4n) is 9.35. The van der Waals surface area contributed by atoms with Crippen LogP contribution in [0.5, 0.6) is 0 Å². The van der Waals surface area contributed by atoms with Crippen LogP contribution in [0.4, 0.5) is 0 Å². The number of allylic oxidation sites excluding steroid dienone is 1. The van der Waals surface area contributed by atoms with Crippen molar-refractivity contribution >= 4 is 22.6 Å². The second-order valence-electron chi connectivity index (χ2n) is 12.6. The first-order chi connectivity index (χ1) is 15.5. The predicted octanol–water partition coefficient (Wildman–Crippen LogP) is 8.33. The third kappa shape index (κ3) is 4.27. The Kier molecular flexibility index (Phi) is 7.38. The zero-order chi connectivity index (χ0) is 22.3. The minimum atomic E-state index is 0.0649. The molecule has 4 aliphatic carbocycles. The third-order valence-corrected chi connectivity index (χ3v) is 11.9. The number of rotatable bonds is 6. The summed E-state index contributed by atoms with van der Waals surface area (Å²) in [7, 11) is 0. The molecule has 1 unspecified atom stereocenters. The molecule has 0 N–H and O–H groups in total. The van der Waals surface area contributed by atoms with E-state index in [2.05, 4.69) is 49.4 Å². The van der Waals surface area contributed by atoms with Gasteiger partial charge in [0.2, 0.25) is 0 Å². The molecule has 2 nitrogen and oxygen atoms in total. The van der Waals surface area contributed by atoms with Crippen molar-refractivity contribution < 1.29 is 9.47 Å². The van der Waals surface area contributed by atoms with Crippen LogP contribution in [0.25, 0.3) is 0 Å². The van der Waals surface area contributed by atoms with Crippen LogP contribution in [0.2, 0.25) is 0 Å². The van der Waals surface area contributed by atoms with E-state index < -0.39 is 0 Å². The lowest BCUT2D eigenvalue weighted by Gasteiger charge is -2.58. The van der Waals surface area contributed by atoms with Crippen LogP contribution in [0, 0.1) is 40.4 Å². The van der Waals surface area contributed by atoms with Crippen molar-refractivity contribution in [2.45, 2.75) is 117 Å². The van der Waals surface area contributed by atoms with Crippen molar-refractivity contribution in [1.82, 2.24) is 0 Å². The van der Waals surface area contributed by atoms with E-state index in [4.69, 9.17) is 9.47 Å². The molecule has 0 aromatic carbocycles. The molecule has 3 saturated carbocycles. The van der Waals surface area contributed by atoms with Crippen molar-refractivity contribution in [3.63, 3.8) is 0 Å². The van der Waals surface area contributed by atoms with Crippen LogP contribution in [0.15, 0.2) is 11.6 Å². The Balaban J connectivity index is 1.28. The molecule has 4 fully saturated rings. The topological polar surface area (TPSA) is 18.5 Å². The van der Waals surface area contributed by atoms with E-state index in [1.54, 1.807) is 5.57 Å². The van der Waals surface area contributed by atoms with Crippen LogP contribution in [-0.4, -0.2) is 23.4 Å². The second kappa shape index (κ2) is 9.80. The molecular weight excluding hydrogens is 507 g/mol. The van der Waals surface area contributed by atoms with Gasteiger partial charge in [-0.1, -0.05) is 55.0 Å². The lowest BCUT2D eigenvalue weighted by Crippen LogP contribution is -2.51. The molecular formula is C29H47IO2. The Bertz CT molecular complexity index is 685. The van der Waals surface area contributed by atoms with Crippen molar-refractivity contribution in [1.29, 1.82) is 0 Å². The number of hydrogen-bond donors (Lipinski definition) is 0. The first-order valence-electron chi connectivity index (χ1n) is 14.0. The fraction of sp³-hybridized carbons (Fsp3) is 0.931. The maximum absolute atomic E-state index is 6.46. The van der Waals surface area contributed by atoms with Crippen molar-refractivity contribution in [2.24, 2.45) is 40.4 Å². The van der Waals surface area contributed by atoms with E-state index in [0.29, 0.717) is 16.9 Å². The third-order valence-electron chi connectivity index (χ3n) is 11.1. The van der Waals surface area contributed by atoms with E-state index in [9.17, 15) is 0 Å². The molecule has 9 atom stereocenters. The van der Waals surface area contributed by atoms with E-state index >= 15 is 0 Å². The Morgan fingerprint density at radius 3 is 2.75 bits per heavy atom. The molecule has 5 rings (SSSR count). The quantitative estimate of drug-likeness (QED) is 0.187. The van der Waals surface area contributed by atoms with Gasteiger partial charge in [0.05, 0.1) is 6.10 Å². The number of alkyl halides is 1. The van der Waals surface area contributed by atoms with Gasteiger partial charge in [-0.15, -0.1) is 0 Å². The SMILES string of the molecule is C[C@H](CCCI)[C@H]1CC[C@H]2[C@@H]3CC=C4C[C@@H](OC5CCCCO5)CC[C@]4(C)[C@H]3CC[C@]12C. The Hall–Kier alpha value is 0.390. The Labute approximate surface area is 211 Å². The second-order valence-corrected chi connectivity index (χ2v) is 13.7. The van der Waals surface area contributed by atoms with E-state index in [1.807, 2.05) is 0 Å². The molecule has 0 radical (unpaired) electrons. The van der Waals surface area contributed by atoms with Gasteiger partial charge in [0, 0.05) is 6.61 Å². The van der Waals surface area contributed by atoms with Gasteiger partial charge in [-0.2, -0.15) is 0 Å². The van der Waals surface area contributed by atoms with E-state index in [-0.39, 0.29) is 6.29 Å². The molecule has 0 aromatic heterocycles. The molecule has 3 heteroatoms. The van der Waals surface area contributed by atoms with Crippen LogP contribution >= 0.6 is 22.6 Å². The molecule has 0 aromatic rings. The number of fused-ring (bicyclic) bond motifs is 5. The zero-order valence-electron chi connectivity index (χ0n) is 20.9. The van der Waals surface area contributed by atoms with Gasteiger partial charge in [-0.05, 0) is 128 Å². The molecule has 182 valence electrons. The monoisotopic (exact) mass is 554 g/mol. The summed E-state index contributed by atoms with van der Waals surface area (Å²) < 4.78 is 13.7. The van der Waals surface area contributed by atoms with Crippen molar-refractivity contribution in [3.8, 4) is 0 Å². The molecule has 1 saturated heterocycles. The van der Waals surface area contributed by atoms with Crippen LogP contribution in [-0.2, 0) is 9.47 Å². The summed E-state index contributed by atoms with van der Waals surface area (Å²) in [5.41, 5.74) is 2.79. The Morgan fingerprint density at radius 1 is 1.09 bits per heavy atom. The highest BCUT2D eigenvalue weighted by Crippen LogP contribution is 2.67. The highest BCUT2D eigenvalue weighted by atomic mass is 127. The highest BCUT2D eigenvalue weighted by Gasteiger charge is 2.59. The van der Waals surface area contributed by atoms with Gasteiger partial charge in [-0.3, -0.25) is 0 Å². The van der Waals surface area contributed by atoms with Crippen molar-refractivity contribution in [2.75, 3.05) is 11.0 Å². The Morgan fingerprint density at radius 2 is 1.97 bits per heavy atom. The maximum Gasteiger partial charge on any atom is 0.157 e. The normalized spacial score (nSPS) is 47.2. The van der Waals surface area contributed by atoms with E-state index in [0.717, 1.165) is 49.0 Å². The number of ether oxygens (including phenoxy) is 2. The molecule has 0 spiro atoms. The summed E-state index contributed by atoms with van der Waals surface area (Å²) in [5.74, 6) is 4.69. The summed E-state index contributed by atoms with van der Waals surface area (Å²) in [4.78, 5) is 0. The van der Waals surface area contributed by atoms with Gasteiger partial charge >= 0.3 is 0 Å². The molecule has 0 amide bonds. The van der Waals surface area contributed by atoms with Gasteiger partial charge in [-0.25, -0.2) is 0 Å². The average Bonchev–Trinajstić information content (AvgIpc) is 3.16. The summed E-state index contributed by atoms with van der Waals surface area (Å²) in [6, 6.07) is 0.